The second kappa shape index (κ2) is 3.46. The minimum atomic E-state index is 0.120. The van der Waals surface area contributed by atoms with Gasteiger partial charge in [-0.05, 0) is 31.0 Å². The van der Waals surface area contributed by atoms with Crippen LogP contribution in [0.3, 0.4) is 0 Å². The molecular formula is C13H15N3. The highest BCUT2D eigenvalue weighted by atomic mass is 15.1. The van der Waals surface area contributed by atoms with Crippen molar-refractivity contribution in [3.8, 4) is 0 Å². The number of nitrogens with two attached hydrogens (primary N) is 1. The average molecular weight is 213 g/mol. The summed E-state index contributed by atoms with van der Waals surface area (Å²) < 4.78 is 0. The number of nitrogens with one attached hydrogen (secondary N) is 1. The third kappa shape index (κ3) is 1.63. The van der Waals surface area contributed by atoms with Crippen LogP contribution in [0.5, 0.6) is 0 Å². The Morgan fingerprint density at radius 2 is 2.00 bits per heavy atom. The number of aromatic nitrogens is 1. The summed E-state index contributed by atoms with van der Waals surface area (Å²) in [5.41, 5.74) is 6.89. The average Bonchev–Trinajstić information content (AvgIpc) is 3.09. The molecule has 2 aromatic rings. The van der Waals surface area contributed by atoms with Gasteiger partial charge < -0.3 is 11.1 Å². The van der Waals surface area contributed by atoms with Crippen molar-refractivity contribution >= 4 is 16.7 Å². The first-order chi connectivity index (χ1) is 7.81. The molecule has 3 nitrogen and oxygen atoms in total. The molecule has 82 valence electrons. The Kier molecular flexibility index (Phi) is 2.07. The number of pyridine rings is 1. The molecule has 1 aromatic carbocycles. The molecule has 3 rings (SSSR count). The Labute approximate surface area is 94.7 Å². The van der Waals surface area contributed by atoms with Crippen molar-refractivity contribution in [1.29, 1.82) is 0 Å². The number of hydrogen-bond acceptors (Lipinski definition) is 3. The van der Waals surface area contributed by atoms with Crippen molar-refractivity contribution in [1.82, 2.24) is 4.98 Å². The predicted molar refractivity (Wildman–Crippen MR) is 66.4 cm³/mol. The summed E-state index contributed by atoms with van der Waals surface area (Å²) in [7, 11) is 0. The third-order valence-corrected chi connectivity index (χ3v) is 3.24. The Morgan fingerprint density at radius 3 is 2.75 bits per heavy atom. The van der Waals surface area contributed by atoms with Gasteiger partial charge in [-0.15, -0.1) is 0 Å². The molecule has 0 aliphatic heterocycles. The quantitative estimate of drug-likeness (QED) is 0.821. The smallest absolute Gasteiger partial charge is 0.127 e. The van der Waals surface area contributed by atoms with Crippen LogP contribution in [0.25, 0.3) is 10.9 Å². The summed E-state index contributed by atoms with van der Waals surface area (Å²) in [4.78, 5) is 4.58. The fourth-order valence-corrected chi connectivity index (χ4v) is 1.94. The number of rotatable bonds is 3. The van der Waals surface area contributed by atoms with E-state index in [9.17, 15) is 0 Å². The largest absolute Gasteiger partial charge is 0.363 e. The van der Waals surface area contributed by atoms with Crippen LogP contribution in [0.15, 0.2) is 36.4 Å². The molecule has 3 N–H and O–H groups in total. The zero-order chi connectivity index (χ0) is 11.0. The number of para-hydroxylation sites is 1. The first kappa shape index (κ1) is 9.60. The van der Waals surface area contributed by atoms with E-state index in [0.717, 1.165) is 24.2 Å². The zero-order valence-electron chi connectivity index (χ0n) is 9.11. The fourth-order valence-electron chi connectivity index (χ4n) is 1.94. The molecule has 1 saturated carbocycles. The van der Waals surface area contributed by atoms with E-state index in [-0.39, 0.29) is 5.54 Å². The van der Waals surface area contributed by atoms with Crippen LogP contribution in [0.2, 0.25) is 0 Å². The molecule has 3 heteroatoms. The van der Waals surface area contributed by atoms with Gasteiger partial charge in [0.25, 0.3) is 0 Å². The summed E-state index contributed by atoms with van der Waals surface area (Å²) in [6.07, 6.45) is 2.30. The molecule has 1 heterocycles. The van der Waals surface area contributed by atoms with Gasteiger partial charge in [0.2, 0.25) is 0 Å². The van der Waals surface area contributed by atoms with Gasteiger partial charge >= 0.3 is 0 Å². The van der Waals surface area contributed by atoms with Crippen molar-refractivity contribution in [2.75, 3.05) is 11.9 Å². The van der Waals surface area contributed by atoms with Gasteiger partial charge in [0, 0.05) is 11.9 Å². The Balaban J connectivity index is 1.93. The van der Waals surface area contributed by atoms with Crippen molar-refractivity contribution in [2.45, 2.75) is 18.4 Å². The topological polar surface area (TPSA) is 50.9 Å². The first-order valence-electron chi connectivity index (χ1n) is 5.65. The van der Waals surface area contributed by atoms with Crippen LogP contribution in [-0.4, -0.2) is 17.1 Å². The minimum Gasteiger partial charge on any atom is -0.363 e. The number of hydrogen-bond donors (Lipinski definition) is 2. The van der Waals surface area contributed by atoms with E-state index in [2.05, 4.69) is 22.4 Å². The molecule has 16 heavy (non-hydrogen) atoms. The summed E-state index contributed by atoms with van der Waals surface area (Å²) in [5.74, 6) is 0.932. The van der Waals surface area contributed by atoms with Gasteiger partial charge in [-0.3, -0.25) is 0 Å². The van der Waals surface area contributed by atoms with E-state index in [1.54, 1.807) is 0 Å². The lowest BCUT2D eigenvalue weighted by Gasteiger charge is -2.15. The first-order valence-corrected chi connectivity index (χ1v) is 5.65. The van der Waals surface area contributed by atoms with Crippen LogP contribution in [0.4, 0.5) is 5.82 Å². The maximum absolute atomic E-state index is 5.74. The molecule has 1 aromatic heterocycles. The Morgan fingerprint density at radius 1 is 1.19 bits per heavy atom. The molecule has 1 aliphatic rings. The van der Waals surface area contributed by atoms with E-state index >= 15 is 0 Å². The van der Waals surface area contributed by atoms with Crippen LogP contribution >= 0.6 is 0 Å². The van der Waals surface area contributed by atoms with E-state index in [4.69, 9.17) is 5.73 Å². The molecule has 0 saturated heterocycles. The lowest BCUT2D eigenvalue weighted by molar-refractivity contribution is 0.738. The van der Waals surface area contributed by atoms with Gasteiger partial charge in [-0.25, -0.2) is 4.98 Å². The van der Waals surface area contributed by atoms with Crippen molar-refractivity contribution in [2.24, 2.45) is 5.73 Å². The molecule has 0 spiro atoms. The van der Waals surface area contributed by atoms with Gasteiger partial charge in [0.1, 0.15) is 5.82 Å². The molecule has 0 radical (unpaired) electrons. The summed E-state index contributed by atoms with van der Waals surface area (Å²) in [5, 5.41) is 4.61. The summed E-state index contributed by atoms with van der Waals surface area (Å²) in [6, 6.07) is 12.3. The number of fused-ring (bicyclic) bond motifs is 1. The highest BCUT2D eigenvalue weighted by Gasteiger charge is 2.41. The van der Waals surface area contributed by atoms with Crippen LogP contribution in [-0.2, 0) is 0 Å². The summed E-state index contributed by atoms with van der Waals surface area (Å²) in [6.45, 7) is 0.682. The van der Waals surface area contributed by atoms with Crippen LogP contribution in [0.1, 0.15) is 12.8 Å². The maximum Gasteiger partial charge on any atom is 0.127 e. The molecular weight excluding hydrogens is 198 g/mol. The molecule has 0 unspecified atom stereocenters. The molecule has 1 aliphatic carbocycles. The Hall–Kier alpha value is -1.61. The van der Waals surface area contributed by atoms with Gasteiger partial charge in [-0.2, -0.15) is 0 Å². The standard InChI is InChI=1S/C13H15N3/c14-9-13(7-8-13)16-12-6-5-10-3-1-2-4-11(10)15-12/h1-6H,7-9,14H2,(H,15,16). The fraction of sp³-hybridized carbons (Fsp3) is 0.308. The SMILES string of the molecule is NCC1(Nc2ccc3ccccc3n2)CC1. The monoisotopic (exact) mass is 213 g/mol. The molecule has 1 fully saturated rings. The highest BCUT2D eigenvalue weighted by molar-refractivity contribution is 5.80. The normalized spacial score (nSPS) is 17.3. The molecule has 0 atom stereocenters. The highest BCUT2D eigenvalue weighted by Crippen LogP contribution is 2.37. The molecule has 0 amide bonds. The van der Waals surface area contributed by atoms with E-state index in [1.165, 1.54) is 5.39 Å². The maximum atomic E-state index is 5.74. The number of anilines is 1. The van der Waals surface area contributed by atoms with Crippen molar-refractivity contribution in [3.05, 3.63) is 36.4 Å². The van der Waals surface area contributed by atoms with Crippen molar-refractivity contribution in [3.63, 3.8) is 0 Å². The van der Waals surface area contributed by atoms with Gasteiger partial charge in [0.15, 0.2) is 0 Å². The third-order valence-electron chi connectivity index (χ3n) is 3.24. The van der Waals surface area contributed by atoms with Crippen LogP contribution < -0.4 is 11.1 Å². The Bertz CT molecular complexity index is 517. The van der Waals surface area contributed by atoms with E-state index < -0.39 is 0 Å². The zero-order valence-corrected chi connectivity index (χ0v) is 9.11. The second-order valence-electron chi connectivity index (χ2n) is 4.50. The second-order valence-corrected chi connectivity index (χ2v) is 4.50. The number of benzene rings is 1. The van der Waals surface area contributed by atoms with E-state index in [0.29, 0.717) is 6.54 Å². The van der Waals surface area contributed by atoms with Crippen LogP contribution in [0, 0.1) is 0 Å². The van der Waals surface area contributed by atoms with Gasteiger partial charge in [0.05, 0.1) is 11.1 Å². The van der Waals surface area contributed by atoms with Crippen molar-refractivity contribution < 1.29 is 0 Å². The summed E-state index contributed by atoms with van der Waals surface area (Å²) >= 11 is 0. The molecule has 0 bridgehead atoms. The lowest BCUT2D eigenvalue weighted by Crippen LogP contribution is -2.31. The van der Waals surface area contributed by atoms with Gasteiger partial charge in [-0.1, -0.05) is 18.2 Å². The number of nitrogens with zero attached hydrogens (tertiary/aromatic N) is 1. The van der Waals surface area contributed by atoms with E-state index in [1.807, 2.05) is 24.3 Å². The minimum absolute atomic E-state index is 0.120. The lowest BCUT2D eigenvalue weighted by atomic mass is 10.2. The predicted octanol–water partition coefficient (Wildman–Crippen LogP) is 2.14.